The van der Waals surface area contributed by atoms with Gasteiger partial charge in [-0.1, -0.05) is 31.8 Å². The van der Waals surface area contributed by atoms with Crippen molar-refractivity contribution in [2.45, 2.75) is 45.4 Å². The van der Waals surface area contributed by atoms with E-state index in [9.17, 15) is 0 Å². The molecule has 108 valence electrons. The number of hydrogen-bond donors (Lipinski definition) is 0. The summed E-state index contributed by atoms with van der Waals surface area (Å²) >= 11 is 0. The molecule has 0 spiro atoms. The van der Waals surface area contributed by atoms with Crippen LogP contribution < -0.4 is 4.90 Å². The highest BCUT2D eigenvalue weighted by Gasteiger charge is 2.22. The highest BCUT2D eigenvalue weighted by Crippen LogP contribution is 2.25. The van der Waals surface area contributed by atoms with Crippen LogP contribution in [0.25, 0.3) is 0 Å². The summed E-state index contributed by atoms with van der Waals surface area (Å²) in [4.78, 5) is 9.13. The quantitative estimate of drug-likeness (QED) is 0.791. The molecule has 0 radical (unpaired) electrons. The number of anilines is 1. The minimum atomic E-state index is 0.449. The SMILES string of the molecule is CCCCC(CC)c1noc(N2CCN(C)CC2)n1. The van der Waals surface area contributed by atoms with E-state index >= 15 is 0 Å². The Morgan fingerprint density at radius 2 is 1.95 bits per heavy atom. The molecular weight excluding hydrogens is 240 g/mol. The maximum Gasteiger partial charge on any atom is 0.324 e. The van der Waals surface area contributed by atoms with Crippen molar-refractivity contribution in [3.63, 3.8) is 0 Å². The van der Waals surface area contributed by atoms with Crippen molar-refractivity contribution in [3.8, 4) is 0 Å². The van der Waals surface area contributed by atoms with Crippen molar-refractivity contribution in [2.75, 3.05) is 38.1 Å². The van der Waals surface area contributed by atoms with Crippen LogP contribution >= 0.6 is 0 Å². The van der Waals surface area contributed by atoms with Crippen molar-refractivity contribution in [2.24, 2.45) is 0 Å². The van der Waals surface area contributed by atoms with Gasteiger partial charge in [0, 0.05) is 32.1 Å². The van der Waals surface area contributed by atoms with E-state index in [1.807, 2.05) is 0 Å². The molecule has 2 rings (SSSR count). The van der Waals surface area contributed by atoms with Crippen molar-refractivity contribution in [1.82, 2.24) is 15.0 Å². The first-order valence-corrected chi connectivity index (χ1v) is 7.51. The molecule has 0 bridgehead atoms. The normalized spacial score (nSPS) is 18.8. The van der Waals surface area contributed by atoms with Gasteiger partial charge in [0.25, 0.3) is 0 Å². The molecular formula is C14H26N4O. The largest absolute Gasteiger partial charge is 0.324 e. The van der Waals surface area contributed by atoms with Crippen LogP contribution in [-0.2, 0) is 0 Å². The third-order valence-corrected chi connectivity index (χ3v) is 3.97. The third kappa shape index (κ3) is 3.69. The summed E-state index contributed by atoms with van der Waals surface area (Å²) in [6.07, 6.45) is 4.70. The zero-order valence-electron chi connectivity index (χ0n) is 12.4. The van der Waals surface area contributed by atoms with E-state index < -0.39 is 0 Å². The summed E-state index contributed by atoms with van der Waals surface area (Å²) in [7, 11) is 2.15. The van der Waals surface area contributed by atoms with Crippen LogP contribution in [0.5, 0.6) is 0 Å². The van der Waals surface area contributed by atoms with Crippen molar-refractivity contribution in [1.29, 1.82) is 0 Å². The van der Waals surface area contributed by atoms with E-state index in [0.29, 0.717) is 11.9 Å². The second-order valence-electron chi connectivity index (χ2n) is 5.47. The fourth-order valence-electron chi connectivity index (χ4n) is 2.48. The van der Waals surface area contributed by atoms with Crippen molar-refractivity contribution in [3.05, 3.63) is 5.82 Å². The lowest BCUT2D eigenvalue weighted by molar-refractivity contribution is 0.298. The first kappa shape index (κ1) is 14.3. The van der Waals surface area contributed by atoms with Gasteiger partial charge in [0.1, 0.15) is 0 Å². The standard InChI is InChI=1S/C14H26N4O/c1-4-6-7-12(5-2)13-15-14(19-16-13)18-10-8-17(3)9-11-18/h12H,4-11H2,1-3H3. The molecule has 1 unspecified atom stereocenters. The number of piperazine rings is 1. The van der Waals surface area contributed by atoms with Gasteiger partial charge in [-0.15, -0.1) is 0 Å². The van der Waals surface area contributed by atoms with Crippen LogP contribution in [0.15, 0.2) is 4.52 Å². The fourth-order valence-corrected chi connectivity index (χ4v) is 2.48. The number of aromatic nitrogens is 2. The average molecular weight is 266 g/mol. The fraction of sp³-hybridized carbons (Fsp3) is 0.857. The van der Waals surface area contributed by atoms with E-state index in [2.05, 4.69) is 40.8 Å². The first-order chi connectivity index (χ1) is 9.24. The zero-order chi connectivity index (χ0) is 13.7. The number of rotatable bonds is 6. The molecule has 0 amide bonds. The van der Waals surface area contributed by atoms with Crippen molar-refractivity contribution >= 4 is 6.01 Å². The van der Waals surface area contributed by atoms with Gasteiger partial charge in [-0.3, -0.25) is 0 Å². The van der Waals surface area contributed by atoms with Gasteiger partial charge in [0.05, 0.1) is 0 Å². The molecule has 1 aliphatic rings. The van der Waals surface area contributed by atoms with Crippen LogP contribution in [0, 0.1) is 0 Å². The highest BCUT2D eigenvalue weighted by molar-refractivity contribution is 5.26. The van der Waals surface area contributed by atoms with Crippen LogP contribution in [-0.4, -0.2) is 48.3 Å². The number of nitrogens with zero attached hydrogens (tertiary/aromatic N) is 4. The molecule has 2 heterocycles. The Morgan fingerprint density at radius 1 is 1.21 bits per heavy atom. The minimum absolute atomic E-state index is 0.449. The minimum Gasteiger partial charge on any atom is -0.322 e. The second kappa shape index (κ2) is 6.89. The summed E-state index contributed by atoms with van der Waals surface area (Å²) in [5.41, 5.74) is 0. The lowest BCUT2D eigenvalue weighted by Gasteiger charge is -2.30. The number of likely N-dealkylation sites (N-methyl/N-ethyl adjacent to an activating group) is 1. The van der Waals surface area contributed by atoms with E-state index in [-0.39, 0.29) is 0 Å². The molecule has 5 nitrogen and oxygen atoms in total. The topological polar surface area (TPSA) is 45.4 Å². The molecule has 1 saturated heterocycles. The van der Waals surface area contributed by atoms with Crippen LogP contribution in [0.1, 0.15) is 51.3 Å². The lowest BCUT2D eigenvalue weighted by Crippen LogP contribution is -2.44. The highest BCUT2D eigenvalue weighted by atomic mass is 16.5. The molecule has 0 N–H and O–H groups in total. The molecule has 1 fully saturated rings. The Hall–Kier alpha value is -1.10. The van der Waals surface area contributed by atoms with E-state index in [0.717, 1.165) is 44.8 Å². The van der Waals surface area contributed by atoms with Gasteiger partial charge in [-0.25, -0.2) is 0 Å². The first-order valence-electron chi connectivity index (χ1n) is 7.51. The summed E-state index contributed by atoms with van der Waals surface area (Å²) in [6, 6.07) is 0.707. The van der Waals surface area contributed by atoms with Crippen LogP contribution in [0.3, 0.4) is 0 Å². The Morgan fingerprint density at radius 3 is 2.58 bits per heavy atom. The Labute approximate surface area is 116 Å². The van der Waals surface area contributed by atoms with Gasteiger partial charge >= 0.3 is 6.01 Å². The molecule has 5 heteroatoms. The molecule has 1 atom stereocenters. The monoisotopic (exact) mass is 266 g/mol. The second-order valence-corrected chi connectivity index (χ2v) is 5.47. The van der Waals surface area contributed by atoms with Crippen LogP contribution in [0.4, 0.5) is 6.01 Å². The van der Waals surface area contributed by atoms with Gasteiger partial charge in [-0.2, -0.15) is 4.98 Å². The van der Waals surface area contributed by atoms with Crippen LogP contribution in [0.2, 0.25) is 0 Å². The summed E-state index contributed by atoms with van der Waals surface area (Å²) < 4.78 is 5.45. The van der Waals surface area contributed by atoms with Gasteiger partial charge in [0.15, 0.2) is 5.82 Å². The molecule has 0 aliphatic carbocycles. The smallest absolute Gasteiger partial charge is 0.322 e. The molecule has 1 aliphatic heterocycles. The van der Waals surface area contributed by atoms with Crippen molar-refractivity contribution < 1.29 is 4.52 Å². The average Bonchev–Trinajstić information content (AvgIpc) is 2.90. The van der Waals surface area contributed by atoms with E-state index in [1.165, 1.54) is 12.8 Å². The lowest BCUT2D eigenvalue weighted by atomic mass is 9.99. The maximum atomic E-state index is 5.45. The third-order valence-electron chi connectivity index (χ3n) is 3.97. The zero-order valence-corrected chi connectivity index (χ0v) is 12.4. The number of unbranched alkanes of at least 4 members (excludes halogenated alkanes) is 1. The maximum absolute atomic E-state index is 5.45. The Balaban J connectivity index is 1.97. The summed E-state index contributed by atoms with van der Waals surface area (Å²) in [5, 5.41) is 4.19. The summed E-state index contributed by atoms with van der Waals surface area (Å²) in [6.45, 7) is 8.49. The van der Waals surface area contributed by atoms with Gasteiger partial charge in [0.2, 0.25) is 0 Å². The molecule has 0 saturated carbocycles. The van der Waals surface area contributed by atoms with E-state index in [4.69, 9.17) is 4.52 Å². The molecule has 0 aromatic carbocycles. The van der Waals surface area contributed by atoms with Gasteiger partial charge < -0.3 is 14.3 Å². The van der Waals surface area contributed by atoms with Gasteiger partial charge in [-0.05, 0) is 19.9 Å². The Bertz CT molecular complexity index is 352. The predicted octanol–water partition coefficient (Wildman–Crippen LogP) is 2.51. The molecule has 1 aromatic heterocycles. The van der Waals surface area contributed by atoms with E-state index in [1.54, 1.807) is 0 Å². The number of hydrogen-bond acceptors (Lipinski definition) is 5. The molecule has 19 heavy (non-hydrogen) atoms. The molecule has 1 aromatic rings. The summed E-state index contributed by atoms with van der Waals surface area (Å²) in [5.74, 6) is 1.34. The Kier molecular flexibility index (Phi) is 5.19. The predicted molar refractivity (Wildman–Crippen MR) is 76.6 cm³/mol.